The van der Waals surface area contributed by atoms with Gasteiger partial charge in [0.25, 0.3) is 11.8 Å². The molecule has 0 unspecified atom stereocenters. The third kappa shape index (κ3) is 3.67. The van der Waals surface area contributed by atoms with E-state index in [1.54, 1.807) is 0 Å². The van der Waals surface area contributed by atoms with E-state index in [1.165, 1.54) is 41.3 Å². The second kappa shape index (κ2) is 7.53. The number of carbonyl (C=O) groups excluding carboxylic acids is 3. The SMILES string of the molecule is O=C(NNC(=O)c1ccccc1F)c1ccc(Cl)c(N2CCCC2=O)c1. The maximum atomic E-state index is 13.6. The molecule has 3 amide bonds. The van der Waals surface area contributed by atoms with Gasteiger partial charge in [-0.25, -0.2) is 4.39 Å². The molecule has 2 aromatic carbocycles. The Hall–Kier alpha value is -2.93. The highest BCUT2D eigenvalue weighted by Crippen LogP contribution is 2.30. The van der Waals surface area contributed by atoms with Crippen molar-refractivity contribution in [3.8, 4) is 0 Å². The fourth-order valence-electron chi connectivity index (χ4n) is 2.66. The first-order valence-electron chi connectivity index (χ1n) is 7.92. The molecule has 2 N–H and O–H groups in total. The van der Waals surface area contributed by atoms with E-state index in [0.29, 0.717) is 23.7 Å². The molecule has 26 heavy (non-hydrogen) atoms. The van der Waals surface area contributed by atoms with Crippen LogP contribution in [0.2, 0.25) is 5.02 Å². The summed E-state index contributed by atoms with van der Waals surface area (Å²) in [6.45, 7) is 0.535. The highest BCUT2D eigenvalue weighted by Gasteiger charge is 2.24. The van der Waals surface area contributed by atoms with Crippen molar-refractivity contribution >= 4 is 35.0 Å². The lowest BCUT2D eigenvalue weighted by Gasteiger charge is -2.18. The second-order valence-corrected chi connectivity index (χ2v) is 6.11. The van der Waals surface area contributed by atoms with E-state index < -0.39 is 17.6 Å². The van der Waals surface area contributed by atoms with Gasteiger partial charge in [0.1, 0.15) is 5.82 Å². The Labute approximate surface area is 153 Å². The monoisotopic (exact) mass is 375 g/mol. The van der Waals surface area contributed by atoms with Gasteiger partial charge < -0.3 is 4.90 Å². The van der Waals surface area contributed by atoms with Gasteiger partial charge in [-0.1, -0.05) is 23.7 Å². The number of benzene rings is 2. The van der Waals surface area contributed by atoms with Crippen molar-refractivity contribution in [2.45, 2.75) is 12.8 Å². The number of amides is 3. The molecule has 0 saturated carbocycles. The van der Waals surface area contributed by atoms with Crippen molar-refractivity contribution in [1.82, 2.24) is 10.9 Å². The van der Waals surface area contributed by atoms with Crippen LogP contribution in [0.25, 0.3) is 0 Å². The zero-order valence-corrected chi connectivity index (χ0v) is 14.3. The van der Waals surface area contributed by atoms with E-state index >= 15 is 0 Å². The van der Waals surface area contributed by atoms with Gasteiger partial charge in [0, 0.05) is 18.5 Å². The smallest absolute Gasteiger partial charge is 0.272 e. The van der Waals surface area contributed by atoms with E-state index in [0.717, 1.165) is 12.5 Å². The van der Waals surface area contributed by atoms with Crippen molar-refractivity contribution in [3.63, 3.8) is 0 Å². The van der Waals surface area contributed by atoms with Crippen LogP contribution in [-0.2, 0) is 4.79 Å². The van der Waals surface area contributed by atoms with E-state index in [2.05, 4.69) is 10.9 Å². The summed E-state index contributed by atoms with van der Waals surface area (Å²) in [6, 6.07) is 9.88. The fraction of sp³-hybridized carbons (Fsp3) is 0.167. The Morgan fingerprint density at radius 3 is 2.50 bits per heavy atom. The van der Waals surface area contributed by atoms with Crippen LogP contribution >= 0.6 is 11.6 Å². The molecule has 1 heterocycles. The fourth-order valence-corrected chi connectivity index (χ4v) is 2.88. The van der Waals surface area contributed by atoms with Gasteiger partial charge in [-0.3, -0.25) is 25.2 Å². The summed E-state index contributed by atoms with van der Waals surface area (Å²) in [5.74, 6) is -2.14. The molecule has 1 fully saturated rings. The minimum absolute atomic E-state index is 0.0580. The second-order valence-electron chi connectivity index (χ2n) is 5.70. The number of rotatable bonds is 3. The van der Waals surface area contributed by atoms with E-state index in [9.17, 15) is 18.8 Å². The molecule has 0 aromatic heterocycles. The van der Waals surface area contributed by atoms with Crippen LogP contribution in [0, 0.1) is 5.82 Å². The van der Waals surface area contributed by atoms with Gasteiger partial charge >= 0.3 is 0 Å². The molecule has 3 rings (SSSR count). The maximum absolute atomic E-state index is 13.6. The van der Waals surface area contributed by atoms with Crippen LogP contribution in [-0.4, -0.2) is 24.3 Å². The lowest BCUT2D eigenvalue weighted by molar-refractivity contribution is -0.117. The Bertz CT molecular complexity index is 888. The first-order chi connectivity index (χ1) is 12.5. The molecule has 1 saturated heterocycles. The quantitative estimate of drug-likeness (QED) is 0.809. The standard InChI is InChI=1S/C18H15ClFN3O3/c19-13-8-7-11(10-15(13)23-9-3-6-16(23)24)17(25)21-22-18(26)12-4-1-2-5-14(12)20/h1-2,4-5,7-8,10H,3,6,9H2,(H,21,25)(H,22,26). The zero-order valence-electron chi connectivity index (χ0n) is 13.6. The molecule has 134 valence electrons. The molecule has 2 aromatic rings. The van der Waals surface area contributed by atoms with Crippen molar-refractivity contribution < 1.29 is 18.8 Å². The first-order valence-corrected chi connectivity index (χ1v) is 8.30. The lowest BCUT2D eigenvalue weighted by atomic mass is 10.1. The predicted molar refractivity (Wildman–Crippen MR) is 94.4 cm³/mol. The van der Waals surface area contributed by atoms with Crippen molar-refractivity contribution in [3.05, 3.63) is 64.4 Å². The molecular formula is C18H15ClFN3O3. The first kappa shape index (κ1) is 17.9. The average molecular weight is 376 g/mol. The summed E-state index contributed by atoms with van der Waals surface area (Å²) in [7, 11) is 0. The summed E-state index contributed by atoms with van der Waals surface area (Å²) in [6.07, 6.45) is 1.16. The Kier molecular flexibility index (Phi) is 5.18. The summed E-state index contributed by atoms with van der Waals surface area (Å²) in [4.78, 5) is 37.6. The van der Waals surface area contributed by atoms with Crippen LogP contribution < -0.4 is 15.8 Å². The molecule has 0 radical (unpaired) electrons. The van der Waals surface area contributed by atoms with Gasteiger partial charge in [-0.2, -0.15) is 0 Å². The Balaban J connectivity index is 1.71. The van der Waals surface area contributed by atoms with Crippen LogP contribution in [0.4, 0.5) is 10.1 Å². The number of carbonyl (C=O) groups is 3. The van der Waals surface area contributed by atoms with Crippen LogP contribution in [0.15, 0.2) is 42.5 Å². The maximum Gasteiger partial charge on any atom is 0.272 e. The highest BCUT2D eigenvalue weighted by molar-refractivity contribution is 6.34. The van der Waals surface area contributed by atoms with E-state index in [4.69, 9.17) is 11.6 Å². The normalized spacial score (nSPS) is 13.6. The molecular weight excluding hydrogens is 361 g/mol. The number of nitrogens with one attached hydrogen (secondary N) is 2. The Morgan fingerprint density at radius 2 is 1.81 bits per heavy atom. The molecule has 0 atom stereocenters. The third-order valence-electron chi connectivity index (χ3n) is 3.98. The number of hydrazine groups is 1. The third-order valence-corrected chi connectivity index (χ3v) is 4.30. The van der Waals surface area contributed by atoms with Gasteiger partial charge in [-0.15, -0.1) is 0 Å². The van der Waals surface area contributed by atoms with Crippen LogP contribution in [0.1, 0.15) is 33.6 Å². The van der Waals surface area contributed by atoms with Gasteiger partial charge in [0.2, 0.25) is 5.91 Å². The topological polar surface area (TPSA) is 78.5 Å². The molecule has 8 heteroatoms. The molecule has 6 nitrogen and oxygen atoms in total. The Morgan fingerprint density at radius 1 is 1.08 bits per heavy atom. The average Bonchev–Trinajstić information content (AvgIpc) is 3.06. The lowest BCUT2D eigenvalue weighted by Crippen LogP contribution is -2.42. The van der Waals surface area contributed by atoms with Crippen molar-refractivity contribution in [2.75, 3.05) is 11.4 Å². The largest absolute Gasteiger partial charge is 0.311 e. The molecule has 1 aliphatic heterocycles. The summed E-state index contributed by atoms with van der Waals surface area (Å²) < 4.78 is 13.6. The number of nitrogens with zero attached hydrogens (tertiary/aromatic N) is 1. The molecule has 1 aliphatic rings. The van der Waals surface area contributed by atoms with Gasteiger partial charge in [0.05, 0.1) is 16.3 Å². The highest BCUT2D eigenvalue weighted by atomic mass is 35.5. The summed E-state index contributed by atoms with van der Waals surface area (Å²) >= 11 is 6.13. The van der Waals surface area contributed by atoms with Gasteiger partial charge in [-0.05, 0) is 36.8 Å². The number of halogens is 2. The van der Waals surface area contributed by atoms with Crippen molar-refractivity contribution in [2.24, 2.45) is 0 Å². The summed E-state index contributed by atoms with van der Waals surface area (Å²) in [5, 5.41) is 0.354. The minimum atomic E-state index is -0.777. The predicted octanol–water partition coefficient (Wildman–Crippen LogP) is 2.68. The number of hydrogen-bond donors (Lipinski definition) is 2. The number of hydrogen-bond acceptors (Lipinski definition) is 3. The van der Waals surface area contributed by atoms with E-state index in [-0.39, 0.29) is 17.0 Å². The molecule has 0 spiro atoms. The van der Waals surface area contributed by atoms with Crippen LogP contribution in [0.3, 0.4) is 0 Å². The van der Waals surface area contributed by atoms with E-state index in [1.807, 2.05) is 0 Å². The number of anilines is 1. The molecule has 0 aliphatic carbocycles. The van der Waals surface area contributed by atoms with Gasteiger partial charge in [0.15, 0.2) is 0 Å². The summed E-state index contributed by atoms with van der Waals surface area (Å²) in [5.41, 5.74) is 4.84. The minimum Gasteiger partial charge on any atom is -0.311 e. The van der Waals surface area contributed by atoms with Crippen molar-refractivity contribution in [1.29, 1.82) is 0 Å². The van der Waals surface area contributed by atoms with Crippen LogP contribution in [0.5, 0.6) is 0 Å². The zero-order chi connectivity index (χ0) is 18.7. The molecule has 0 bridgehead atoms.